The fraction of sp³-hybridized carbons (Fsp3) is 0.357. The van der Waals surface area contributed by atoms with Crippen LogP contribution >= 0.6 is 0 Å². The molecule has 1 saturated carbocycles. The SMILES string of the molecule is Cc1ccccc1C1CC1C(=O)NCc1ncn[nH]1. The molecule has 1 aromatic heterocycles. The van der Waals surface area contributed by atoms with E-state index in [1.165, 1.54) is 17.5 Å². The quantitative estimate of drug-likeness (QED) is 0.871. The van der Waals surface area contributed by atoms with Crippen LogP contribution in [0.15, 0.2) is 30.6 Å². The van der Waals surface area contributed by atoms with Crippen molar-refractivity contribution in [1.82, 2.24) is 20.5 Å². The van der Waals surface area contributed by atoms with Crippen LogP contribution in [0.4, 0.5) is 0 Å². The maximum absolute atomic E-state index is 12.0. The Kier molecular flexibility index (Phi) is 3.03. The zero-order valence-electron chi connectivity index (χ0n) is 10.8. The first-order chi connectivity index (χ1) is 9.25. The minimum absolute atomic E-state index is 0.101. The summed E-state index contributed by atoms with van der Waals surface area (Å²) in [6, 6.07) is 8.27. The lowest BCUT2D eigenvalue weighted by Crippen LogP contribution is -2.25. The van der Waals surface area contributed by atoms with Crippen molar-refractivity contribution < 1.29 is 4.79 Å². The van der Waals surface area contributed by atoms with E-state index in [0.29, 0.717) is 18.3 Å². The van der Waals surface area contributed by atoms with Crippen LogP contribution in [-0.4, -0.2) is 21.1 Å². The number of aromatic amines is 1. The summed E-state index contributed by atoms with van der Waals surface area (Å²) in [5, 5.41) is 9.37. The third kappa shape index (κ3) is 2.50. The highest BCUT2D eigenvalue weighted by molar-refractivity contribution is 5.82. The number of carbonyl (C=O) groups excluding carboxylic acids is 1. The second-order valence-corrected chi connectivity index (χ2v) is 4.96. The van der Waals surface area contributed by atoms with Gasteiger partial charge in [-0.3, -0.25) is 9.89 Å². The van der Waals surface area contributed by atoms with Crippen molar-refractivity contribution in [2.45, 2.75) is 25.8 Å². The van der Waals surface area contributed by atoms with Gasteiger partial charge in [-0.05, 0) is 30.4 Å². The van der Waals surface area contributed by atoms with Crippen LogP contribution in [0.25, 0.3) is 0 Å². The predicted molar refractivity (Wildman–Crippen MR) is 70.3 cm³/mol. The highest BCUT2D eigenvalue weighted by Crippen LogP contribution is 2.48. The van der Waals surface area contributed by atoms with Gasteiger partial charge in [0.1, 0.15) is 12.2 Å². The molecule has 2 atom stereocenters. The zero-order valence-corrected chi connectivity index (χ0v) is 10.8. The van der Waals surface area contributed by atoms with Crippen molar-refractivity contribution in [2.75, 3.05) is 0 Å². The second-order valence-electron chi connectivity index (χ2n) is 4.96. The summed E-state index contributed by atoms with van der Waals surface area (Å²) >= 11 is 0. The normalized spacial score (nSPS) is 21.1. The van der Waals surface area contributed by atoms with E-state index in [1.54, 1.807) is 0 Å². The second kappa shape index (κ2) is 4.84. The van der Waals surface area contributed by atoms with Crippen molar-refractivity contribution in [1.29, 1.82) is 0 Å². The summed E-state index contributed by atoms with van der Waals surface area (Å²) in [5.74, 6) is 1.26. The molecule has 0 saturated heterocycles. The number of nitrogens with zero attached hydrogens (tertiary/aromatic N) is 2. The first-order valence-electron chi connectivity index (χ1n) is 6.43. The largest absolute Gasteiger partial charge is 0.349 e. The lowest BCUT2D eigenvalue weighted by Gasteiger charge is -2.05. The fourth-order valence-corrected chi connectivity index (χ4v) is 2.45. The smallest absolute Gasteiger partial charge is 0.224 e. The van der Waals surface area contributed by atoms with Crippen LogP contribution in [0.2, 0.25) is 0 Å². The minimum atomic E-state index is 0.101. The van der Waals surface area contributed by atoms with Gasteiger partial charge in [-0.25, -0.2) is 4.98 Å². The van der Waals surface area contributed by atoms with Crippen LogP contribution < -0.4 is 5.32 Å². The van der Waals surface area contributed by atoms with E-state index in [9.17, 15) is 4.79 Å². The van der Waals surface area contributed by atoms with E-state index >= 15 is 0 Å². The Morgan fingerprint density at radius 1 is 1.47 bits per heavy atom. The van der Waals surface area contributed by atoms with Crippen LogP contribution in [0.1, 0.15) is 29.3 Å². The van der Waals surface area contributed by atoms with Crippen LogP contribution in [0.3, 0.4) is 0 Å². The molecule has 5 nitrogen and oxygen atoms in total. The van der Waals surface area contributed by atoms with Gasteiger partial charge in [-0.2, -0.15) is 5.10 Å². The van der Waals surface area contributed by atoms with Gasteiger partial charge in [0.2, 0.25) is 5.91 Å². The molecule has 1 heterocycles. The monoisotopic (exact) mass is 256 g/mol. The molecule has 5 heteroatoms. The van der Waals surface area contributed by atoms with Gasteiger partial charge in [0.15, 0.2) is 0 Å². The first kappa shape index (κ1) is 11.9. The van der Waals surface area contributed by atoms with Gasteiger partial charge >= 0.3 is 0 Å². The van der Waals surface area contributed by atoms with Gasteiger partial charge < -0.3 is 5.32 Å². The molecule has 1 fully saturated rings. The van der Waals surface area contributed by atoms with Crippen LogP contribution in [0.5, 0.6) is 0 Å². The molecule has 1 aromatic carbocycles. The van der Waals surface area contributed by atoms with Gasteiger partial charge in [0.25, 0.3) is 0 Å². The third-order valence-electron chi connectivity index (χ3n) is 3.61. The lowest BCUT2D eigenvalue weighted by molar-refractivity contribution is -0.122. The number of aromatic nitrogens is 3. The molecular formula is C14H16N4O. The predicted octanol–water partition coefficient (Wildman–Crippen LogP) is 1.53. The Bertz CT molecular complexity index is 579. The Balaban J connectivity index is 1.57. The van der Waals surface area contributed by atoms with Gasteiger partial charge in [-0.15, -0.1) is 0 Å². The molecule has 2 N–H and O–H groups in total. The van der Waals surface area contributed by atoms with Crippen molar-refractivity contribution in [3.8, 4) is 0 Å². The summed E-state index contributed by atoms with van der Waals surface area (Å²) in [6.45, 7) is 2.51. The molecule has 3 rings (SSSR count). The first-order valence-corrected chi connectivity index (χ1v) is 6.43. The average molecular weight is 256 g/mol. The molecule has 1 aliphatic rings. The van der Waals surface area contributed by atoms with Crippen LogP contribution in [0, 0.1) is 12.8 Å². The molecule has 1 aliphatic carbocycles. The van der Waals surface area contributed by atoms with Crippen molar-refractivity contribution in [3.63, 3.8) is 0 Å². The Hall–Kier alpha value is -2.17. The van der Waals surface area contributed by atoms with E-state index in [0.717, 1.165) is 6.42 Å². The zero-order chi connectivity index (χ0) is 13.2. The number of H-pyrrole nitrogens is 1. The number of nitrogens with one attached hydrogen (secondary N) is 2. The fourth-order valence-electron chi connectivity index (χ4n) is 2.45. The standard InChI is InChI=1S/C14H16N4O/c1-9-4-2-3-5-10(9)11-6-12(11)14(19)15-7-13-16-8-17-18-13/h2-5,8,11-12H,6-7H2,1H3,(H,15,19)(H,16,17,18). The molecule has 0 bridgehead atoms. The van der Waals surface area contributed by atoms with E-state index in [1.807, 2.05) is 12.1 Å². The number of hydrogen-bond acceptors (Lipinski definition) is 3. The summed E-state index contributed by atoms with van der Waals surface area (Å²) < 4.78 is 0. The maximum atomic E-state index is 12.0. The summed E-state index contributed by atoms with van der Waals surface area (Å²) in [4.78, 5) is 16.0. The highest BCUT2D eigenvalue weighted by atomic mass is 16.2. The molecule has 2 unspecified atom stereocenters. The summed E-state index contributed by atoms with van der Waals surface area (Å²) in [6.07, 6.45) is 2.38. The number of carbonyl (C=O) groups is 1. The van der Waals surface area contributed by atoms with Gasteiger partial charge in [0, 0.05) is 5.92 Å². The van der Waals surface area contributed by atoms with E-state index in [-0.39, 0.29) is 11.8 Å². The number of hydrogen-bond donors (Lipinski definition) is 2. The van der Waals surface area contributed by atoms with Crippen LogP contribution in [-0.2, 0) is 11.3 Å². The molecular weight excluding hydrogens is 240 g/mol. The molecule has 98 valence electrons. The van der Waals surface area contributed by atoms with Crippen molar-refractivity contribution in [3.05, 3.63) is 47.5 Å². The number of benzene rings is 1. The molecule has 0 radical (unpaired) electrons. The maximum Gasteiger partial charge on any atom is 0.224 e. The van der Waals surface area contributed by atoms with E-state index < -0.39 is 0 Å². The van der Waals surface area contributed by atoms with Crippen molar-refractivity contribution >= 4 is 5.91 Å². The van der Waals surface area contributed by atoms with E-state index in [2.05, 4.69) is 39.6 Å². The minimum Gasteiger partial charge on any atom is -0.349 e. The molecule has 1 amide bonds. The topological polar surface area (TPSA) is 70.7 Å². The molecule has 19 heavy (non-hydrogen) atoms. The third-order valence-corrected chi connectivity index (χ3v) is 3.61. The van der Waals surface area contributed by atoms with Gasteiger partial charge in [0.05, 0.1) is 6.54 Å². The molecule has 2 aromatic rings. The molecule has 0 spiro atoms. The highest BCUT2D eigenvalue weighted by Gasteiger charge is 2.44. The Labute approximate surface area is 111 Å². The average Bonchev–Trinajstić information content (AvgIpc) is 3.04. The van der Waals surface area contributed by atoms with Gasteiger partial charge in [-0.1, -0.05) is 24.3 Å². The van der Waals surface area contributed by atoms with Crippen molar-refractivity contribution in [2.24, 2.45) is 5.92 Å². The Morgan fingerprint density at radius 2 is 2.32 bits per heavy atom. The summed E-state index contributed by atoms with van der Waals surface area (Å²) in [7, 11) is 0. The van der Waals surface area contributed by atoms with E-state index in [4.69, 9.17) is 0 Å². The Morgan fingerprint density at radius 3 is 3.05 bits per heavy atom. The molecule has 0 aliphatic heterocycles. The number of amides is 1. The summed E-state index contributed by atoms with van der Waals surface area (Å²) in [5.41, 5.74) is 2.56. The number of rotatable bonds is 4. The lowest BCUT2D eigenvalue weighted by atomic mass is 10.0. The number of aryl methyl sites for hydroxylation is 1.